The molecule has 1 N–H and O–H groups in total. The minimum Gasteiger partial charge on any atom is -0.490 e. The van der Waals surface area contributed by atoms with Crippen molar-refractivity contribution >= 4 is 5.78 Å². The summed E-state index contributed by atoms with van der Waals surface area (Å²) in [5.74, 6) is 0.724. The molecule has 24 heavy (non-hydrogen) atoms. The van der Waals surface area contributed by atoms with Crippen molar-refractivity contribution in [1.29, 1.82) is 0 Å². The van der Waals surface area contributed by atoms with Gasteiger partial charge < -0.3 is 14.6 Å². The van der Waals surface area contributed by atoms with Gasteiger partial charge >= 0.3 is 6.61 Å². The second kappa shape index (κ2) is 6.97. The fourth-order valence-electron chi connectivity index (χ4n) is 2.73. The van der Waals surface area contributed by atoms with E-state index in [-0.39, 0.29) is 18.1 Å². The van der Waals surface area contributed by atoms with E-state index in [0.717, 1.165) is 5.56 Å². The first-order valence-corrected chi connectivity index (χ1v) is 7.55. The van der Waals surface area contributed by atoms with Crippen LogP contribution in [0.25, 0.3) is 0 Å². The molecule has 0 aliphatic heterocycles. The third-order valence-electron chi connectivity index (χ3n) is 3.92. The Morgan fingerprint density at radius 2 is 1.83 bits per heavy atom. The van der Waals surface area contributed by atoms with E-state index in [1.165, 1.54) is 24.3 Å². The highest BCUT2D eigenvalue weighted by atomic mass is 19.3. The average Bonchev–Trinajstić information content (AvgIpc) is 2.95. The Morgan fingerprint density at radius 1 is 1.08 bits per heavy atom. The maximum absolute atomic E-state index is 12.1. The highest BCUT2D eigenvalue weighted by Crippen LogP contribution is 2.31. The Labute approximate surface area is 137 Å². The number of benzene rings is 2. The minimum absolute atomic E-state index is 0.000303. The zero-order chi connectivity index (χ0) is 17.1. The van der Waals surface area contributed by atoms with Crippen molar-refractivity contribution in [1.82, 2.24) is 0 Å². The number of ether oxygens (including phenoxy) is 2. The summed E-state index contributed by atoms with van der Waals surface area (Å²) in [7, 11) is 0. The van der Waals surface area contributed by atoms with Crippen LogP contribution in [0.1, 0.15) is 34.0 Å². The molecular weight excluding hydrogens is 318 g/mol. The standard InChI is InChI=1S/C18H16F2O4/c19-18(20)24-12-6-4-11(5-7-12)16(22)10-23-17-3-1-2-13-14(17)8-9-15(13)21/h1-7,16,18,22H,8-10H2. The van der Waals surface area contributed by atoms with Gasteiger partial charge in [-0.3, -0.25) is 4.79 Å². The summed E-state index contributed by atoms with van der Waals surface area (Å²) in [5.41, 5.74) is 2.08. The summed E-state index contributed by atoms with van der Waals surface area (Å²) in [4.78, 5) is 11.7. The zero-order valence-electron chi connectivity index (χ0n) is 12.7. The number of fused-ring (bicyclic) bond motifs is 1. The molecule has 1 aliphatic carbocycles. The van der Waals surface area contributed by atoms with Crippen LogP contribution in [0.5, 0.6) is 11.5 Å². The van der Waals surface area contributed by atoms with E-state index in [4.69, 9.17) is 4.74 Å². The Kier molecular flexibility index (Phi) is 4.76. The lowest BCUT2D eigenvalue weighted by molar-refractivity contribution is -0.0498. The first-order chi connectivity index (χ1) is 11.5. The predicted octanol–water partition coefficient (Wildman–Crippen LogP) is 3.53. The van der Waals surface area contributed by atoms with Crippen molar-refractivity contribution in [3.63, 3.8) is 0 Å². The summed E-state index contributed by atoms with van der Waals surface area (Å²) in [6.45, 7) is -2.88. The van der Waals surface area contributed by atoms with Crippen LogP contribution in [-0.2, 0) is 6.42 Å². The molecule has 4 nitrogen and oxygen atoms in total. The van der Waals surface area contributed by atoms with E-state index >= 15 is 0 Å². The molecule has 126 valence electrons. The van der Waals surface area contributed by atoms with Gasteiger partial charge in [-0.05, 0) is 30.2 Å². The number of Topliss-reactive ketones (excluding diaryl/α,β-unsaturated/α-hetero) is 1. The largest absolute Gasteiger partial charge is 0.490 e. The van der Waals surface area contributed by atoms with Gasteiger partial charge in [0.1, 0.15) is 24.2 Å². The zero-order valence-corrected chi connectivity index (χ0v) is 12.7. The lowest BCUT2D eigenvalue weighted by Gasteiger charge is -2.15. The fourth-order valence-corrected chi connectivity index (χ4v) is 2.73. The number of alkyl halides is 2. The molecule has 0 spiro atoms. The van der Waals surface area contributed by atoms with E-state index in [0.29, 0.717) is 29.7 Å². The lowest BCUT2D eigenvalue weighted by atomic mass is 10.1. The van der Waals surface area contributed by atoms with Crippen molar-refractivity contribution in [3.05, 3.63) is 59.2 Å². The van der Waals surface area contributed by atoms with E-state index < -0.39 is 12.7 Å². The highest BCUT2D eigenvalue weighted by molar-refractivity contribution is 6.01. The Balaban J connectivity index is 1.64. The number of carbonyl (C=O) groups excluding carboxylic acids is 1. The van der Waals surface area contributed by atoms with Gasteiger partial charge in [0.25, 0.3) is 0 Å². The molecule has 0 amide bonds. The number of rotatable bonds is 6. The fraction of sp³-hybridized carbons (Fsp3) is 0.278. The number of ketones is 1. The molecule has 0 heterocycles. The molecule has 1 atom stereocenters. The molecule has 0 fully saturated rings. The Hall–Kier alpha value is -2.47. The second-order valence-electron chi connectivity index (χ2n) is 5.48. The Morgan fingerprint density at radius 3 is 2.54 bits per heavy atom. The highest BCUT2D eigenvalue weighted by Gasteiger charge is 2.23. The van der Waals surface area contributed by atoms with Crippen LogP contribution in [0.2, 0.25) is 0 Å². The average molecular weight is 334 g/mol. The summed E-state index contributed by atoms with van der Waals surface area (Å²) >= 11 is 0. The number of halogens is 2. The smallest absolute Gasteiger partial charge is 0.387 e. The van der Waals surface area contributed by atoms with Crippen molar-refractivity contribution < 1.29 is 28.2 Å². The molecule has 2 aromatic rings. The predicted molar refractivity (Wildman–Crippen MR) is 82.6 cm³/mol. The number of hydrogen-bond acceptors (Lipinski definition) is 4. The molecule has 0 saturated heterocycles. The van der Waals surface area contributed by atoms with Gasteiger partial charge in [-0.1, -0.05) is 24.3 Å². The monoisotopic (exact) mass is 334 g/mol. The van der Waals surface area contributed by atoms with Crippen LogP contribution in [0, 0.1) is 0 Å². The molecule has 0 radical (unpaired) electrons. The molecular formula is C18H16F2O4. The molecule has 0 bridgehead atoms. The molecule has 2 aromatic carbocycles. The van der Waals surface area contributed by atoms with Crippen molar-refractivity contribution in [2.75, 3.05) is 6.61 Å². The summed E-state index contributed by atoms with van der Waals surface area (Å²) < 4.78 is 34.1. The van der Waals surface area contributed by atoms with Crippen molar-refractivity contribution in [2.45, 2.75) is 25.6 Å². The number of hydrogen-bond donors (Lipinski definition) is 1. The molecule has 0 saturated carbocycles. The summed E-state index contributed by atoms with van der Waals surface area (Å²) in [5, 5.41) is 10.2. The second-order valence-corrected chi connectivity index (χ2v) is 5.48. The van der Waals surface area contributed by atoms with Gasteiger partial charge in [-0.2, -0.15) is 8.78 Å². The minimum atomic E-state index is -2.88. The maximum atomic E-state index is 12.1. The van der Waals surface area contributed by atoms with Crippen LogP contribution in [0.3, 0.4) is 0 Å². The van der Waals surface area contributed by atoms with Crippen LogP contribution < -0.4 is 9.47 Å². The SMILES string of the molecule is O=C1CCc2c(OCC(O)c3ccc(OC(F)F)cc3)cccc21. The summed E-state index contributed by atoms with van der Waals surface area (Å²) in [6.07, 6.45) is 0.197. The van der Waals surface area contributed by atoms with Crippen LogP contribution in [0.4, 0.5) is 8.78 Å². The number of aliphatic hydroxyl groups excluding tert-OH is 1. The van der Waals surface area contributed by atoms with Crippen LogP contribution in [-0.4, -0.2) is 24.1 Å². The van der Waals surface area contributed by atoms with Gasteiger partial charge in [-0.25, -0.2) is 0 Å². The van der Waals surface area contributed by atoms with Crippen LogP contribution >= 0.6 is 0 Å². The van der Waals surface area contributed by atoms with Gasteiger partial charge in [0.15, 0.2) is 5.78 Å². The van der Waals surface area contributed by atoms with Gasteiger partial charge in [-0.15, -0.1) is 0 Å². The number of aliphatic hydroxyl groups is 1. The van der Waals surface area contributed by atoms with Crippen molar-refractivity contribution in [3.8, 4) is 11.5 Å². The topological polar surface area (TPSA) is 55.8 Å². The summed E-state index contributed by atoms with van der Waals surface area (Å²) in [6, 6.07) is 11.0. The molecule has 1 unspecified atom stereocenters. The molecule has 6 heteroatoms. The lowest BCUT2D eigenvalue weighted by Crippen LogP contribution is -2.11. The van der Waals surface area contributed by atoms with Gasteiger partial charge in [0.2, 0.25) is 0 Å². The van der Waals surface area contributed by atoms with Crippen molar-refractivity contribution in [2.24, 2.45) is 0 Å². The maximum Gasteiger partial charge on any atom is 0.387 e. The van der Waals surface area contributed by atoms with Gasteiger partial charge in [0, 0.05) is 17.5 Å². The third kappa shape index (κ3) is 3.54. The van der Waals surface area contributed by atoms with Gasteiger partial charge in [0.05, 0.1) is 0 Å². The van der Waals surface area contributed by atoms with E-state index in [1.54, 1.807) is 18.2 Å². The van der Waals surface area contributed by atoms with Crippen LogP contribution in [0.15, 0.2) is 42.5 Å². The first-order valence-electron chi connectivity index (χ1n) is 7.55. The first kappa shape index (κ1) is 16.4. The van der Waals surface area contributed by atoms with E-state index in [2.05, 4.69) is 4.74 Å². The van der Waals surface area contributed by atoms with E-state index in [9.17, 15) is 18.7 Å². The molecule has 1 aliphatic rings. The number of carbonyl (C=O) groups is 1. The van der Waals surface area contributed by atoms with E-state index in [1.807, 2.05) is 0 Å². The third-order valence-corrected chi connectivity index (χ3v) is 3.92. The Bertz CT molecular complexity index is 728. The quantitative estimate of drug-likeness (QED) is 0.878. The molecule has 3 rings (SSSR count). The normalized spacial score (nSPS) is 14.6. The molecule has 0 aromatic heterocycles.